The third-order valence-corrected chi connectivity index (χ3v) is 5.94. The Bertz CT molecular complexity index is 1440. The van der Waals surface area contributed by atoms with Crippen molar-refractivity contribution in [3.63, 3.8) is 0 Å². The molecule has 3 nitrogen and oxygen atoms in total. The van der Waals surface area contributed by atoms with E-state index >= 15 is 0 Å². The molecule has 5 rings (SSSR count). The molecule has 0 bridgehead atoms. The van der Waals surface area contributed by atoms with E-state index in [4.69, 9.17) is 4.42 Å². The van der Waals surface area contributed by atoms with Crippen LogP contribution in [0.25, 0.3) is 45.1 Å². The number of hydrogen-bond donors (Lipinski definition) is 0. The summed E-state index contributed by atoms with van der Waals surface area (Å²) in [7, 11) is 0. The maximum absolute atomic E-state index is 5.95. The van der Waals surface area contributed by atoms with Gasteiger partial charge in [-0.1, -0.05) is 51.1 Å². The van der Waals surface area contributed by atoms with Crippen LogP contribution >= 0.6 is 0 Å². The summed E-state index contributed by atoms with van der Waals surface area (Å²) in [6.07, 6.45) is 4.04. The summed E-state index contributed by atoms with van der Waals surface area (Å²) in [5, 5.41) is 2.57. The van der Waals surface area contributed by atoms with Gasteiger partial charge in [-0.3, -0.25) is 0 Å². The molecule has 5 aromatic rings. The molecule has 2 aromatic heterocycles. The summed E-state index contributed by atoms with van der Waals surface area (Å²) in [6, 6.07) is 21.9. The third-order valence-electron chi connectivity index (χ3n) is 5.94. The number of benzene rings is 3. The molecule has 3 heteroatoms. The number of nitrogens with zero attached hydrogens (tertiary/aromatic N) is 2. The van der Waals surface area contributed by atoms with Gasteiger partial charge >= 0.3 is 0 Å². The molecule has 0 atom stereocenters. The van der Waals surface area contributed by atoms with Crippen LogP contribution in [0, 0.1) is 0 Å². The van der Waals surface area contributed by atoms with Crippen molar-refractivity contribution in [1.82, 2.24) is 9.55 Å². The first kappa shape index (κ1) is 19.6. The van der Waals surface area contributed by atoms with E-state index in [2.05, 4.69) is 105 Å². The van der Waals surface area contributed by atoms with Crippen LogP contribution < -0.4 is 0 Å². The van der Waals surface area contributed by atoms with E-state index in [-0.39, 0.29) is 5.41 Å². The Labute approximate surface area is 183 Å². The number of hydrogen-bond acceptors (Lipinski definition) is 2. The Hall–Kier alpha value is -3.33. The Balaban J connectivity index is 1.54. The Morgan fingerprint density at radius 2 is 1.65 bits per heavy atom. The topological polar surface area (TPSA) is 31.0 Å². The molecule has 0 saturated carbocycles. The third kappa shape index (κ3) is 3.44. The molecule has 0 fully saturated rings. The lowest BCUT2D eigenvalue weighted by atomic mass is 9.87. The second kappa shape index (κ2) is 7.12. The van der Waals surface area contributed by atoms with Crippen molar-refractivity contribution >= 4 is 45.1 Å². The zero-order chi connectivity index (χ0) is 21.8. The summed E-state index contributed by atoms with van der Waals surface area (Å²) < 4.78 is 8.36. The predicted octanol–water partition coefficient (Wildman–Crippen LogP) is 7.98. The molecule has 0 amide bonds. The zero-order valence-corrected chi connectivity index (χ0v) is 18.8. The van der Waals surface area contributed by atoms with Crippen molar-refractivity contribution in [2.45, 2.75) is 46.1 Å². The van der Waals surface area contributed by atoms with Gasteiger partial charge in [-0.15, -0.1) is 0 Å². The normalized spacial score (nSPS) is 12.8. The van der Waals surface area contributed by atoms with E-state index in [1.54, 1.807) is 0 Å². The minimum absolute atomic E-state index is 0.0910. The van der Waals surface area contributed by atoms with Gasteiger partial charge in [0.2, 0.25) is 5.89 Å². The molecule has 0 spiro atoms. The lowest BCUT2D eigenvalue weighted by molar-refractivity contribution is 0.585. The number of para-hydroxylation sites is 1. The lowest BCUT2D eigenvalue weighted by Crippen LogP contribution is -2.10. The lowest BCUT2D eigenvalue weighted by Gasteiger charge is -2.18. The minimum atomic E-state index is 0.0910. The molecule has 0 unspecified atom stereocenters. The van der Waals surface area contributed by atoms with Crippen molar-refractivity contribution in [2.24, 2.45) is 0 Å². The largest absolute Gasteiger partial charge is 0.437 e. The minimum Gasteiger partial charge on any atom is -0.437 e. The number of fused-ring (bicyclic) bond motifs is 4. The fraction of sp³-hybridized carbons (Fsp3) is 0.250. The van der Waals surface area contributed by atoms with Crippen molar-refractivity contribution in [2.75, 3.05) is 0 Å². The molecule has 0 aliphatic carbocycles. The van der Waals surface area contributed by atoms with Crippen molar-refractivity contribution in [3.05, 3.63) is 77.7 Å². The van der Waals surface area contributed by atoms with Gasteiger partial charge in [-0.2, -0.15) is 0 Å². The highest BCUT2D eigenvalue weighted by molar-refractivity contribution is 6.08. The SMILES string of the molecule is CC(C)n1c2ccccc2c2cc(/C=C/c3nc4cc(C(C)(C)C)ccc4o3)ccc21. The van der Waals surface area contributed by atoms with Gasteiger partial charge in [-0.25, -0.2) is 4.98 Å². The van der Waals surface area contributed by atoms with Gasteiger partial charge in [0.25, 0.3) is 0 Å². The fourth-order valence-electron chi connectivity index (χ4n) is 4.33. The average molecular weight is 409 g/mol. The van der Waals surface area contributed by atoms with Crippen LogP contribution in [0.2, 0.25) is 0 Å². The van der Waals surface area contributed by atoms with Gasteiger partial charge in [0.15, 0.2) is 5.58 Å². The highest BCUT2D eigenvalue weighted by Crippen LogP contribution is 2.33. The summed E-state index contributed by atoms with van der Waals surface area (Å²) in [5.41, 5.74) is 6.76. The van der Waals surface area contributed by atoms with Crippen LogP contribution in [0.15, 0.2) is 65.1 Å². The van der Waals surface area contributed by atoms with Gasteiger partial charge in [-0.05, 0) is 66.8 Å². The second-order valence-electron chi connectivity index (χ2n) is 9.58. The monoisotopic (exact) mass is 408 g/mol. The average Bonchev–Trinajstić information content (AvgIpc) is 3.29. The van der Waals surface area contributed by atoms with Crippen LogP contribution in [-0.2, 0) is 5.41 Å². The first-order valence-electron chi connectivity index (χ1n) is 10.9. The first-order chi connectivity index (χ1) is 14.8. The van der Waals surface area contributed by atoms with E-state index in [0.29, 0.717) is 11.9 Å². The number of aromatic nitrogens is 2. The smallest absolute Gasteiger partial charge is 0.220 e. The number of rotatable bonds is 3. The molecule has 0 aliphatic rings. The molecule has 0 saturated heterocycles. The first-order valence-corrected chi connectivity index (χ1v) is 10.9. The summed E-state index contributed by atoms with van der Waals surface area (Å²) >= 11 is 0. The molecule has 3 aromatic carbocycles. The standard InChI is InChI=1S/C28H28N2O/c1-18(2)30-24-9-7-6-8-21(24)22-16-19(10-13-25(22)30)11-15-27-29-23-17-20(28(3,4)5)12-14-26(23)31-27/h6-18H,1-5H3/b15-11+. The Kier molecular flexibility index (Phi) is 4.51. The maximum atomic E-state index is 5.95. The zero-order valence-electron chi connectivity index (χ0n) is 18.8. The molecule has 31 heavy (non-hydrogen) atoms. The molecule has 156 valence electrons. The predicted molar refractivity (Wildman–Crippen MR) is 131 cm³/mol. The van der Waals surface area contributed by atoms with E-state index in [1.807, 2.05) is 12.1 Å². The maximum Gasteiger partial charge on any atom is 0.220 e. The van der Waals surface area contributed by atoms with E-state index in [9.17, 15) is 0 Å². The molecule has 0 radical (unpaired) electrons. The van der Waals surface area contributed by atoms with Crippen molar-refractivity contribution < 1.29 is 4.42 Å². The van der Waals surface area contributed by atoms with Crippen LogP contribution in [0.3, 0.4) is 0 Å². The highest BCUT2D eigenvalue weighted by atomic mass is 16.3. The summed E-state index contributed by atoms with van der Waals surface area (Å²) in [6.45, 7) is 11.1. The molecule has 2 heterocycles. The van der Waals surface area contributed by atoms with E-state index < -0.39 is 0 Å². The molecule has 0 N–H and O–H groups in total. The fourth-order valence-corrected chi connectivity index (χ4v) is 4.33. The Morgan fingerprint density at radius 3 is 2.42 bits per heavy atom. The van der Waals surface area contributed by atoms with Gasteiger partial charge in [0.1, 0.15) is 5.52 Å². The van der Waals surface area contributed by atoms with Gasteiger partial charge < -0.3 is 8.98 Å². The Morgan fingerprint density at radius 1 is 0.871 bits per heavy atom. The van der Waals surface area contributed by atoms with E-state index in [1.165, 1.54) is 27.4 Å². The van der Waals surface area contributed by atoms with Crippen molar-refractivity contribution in [1.29, 1.82) is 0 Å². The molecule has 0 aliphatic heterocycles. The van der Waals surface area contributed by atoms with Crippen LogP contribution in [0.1, 0.15) is 57.7 Å². The molecular weight excluding hydrogens is 380 g/mol. The van der Waals surface area contributed by atoms with Crippen LogP contribution in [-0.4, -0.2) is 9.55 Å². The molecular formula is C28H28N2O. The van der Waals surface area contributed by atoms with Crippen molar-refractivity contribution in [3.8, 4) is 0 Å². The highest BCUT2D eigenvalue weighted by Gasteiger charge is 2.16. The summed E-state index contributed by atoms with van der Waals surface area (Å²) in [4.78, 5) is 4.68. The van der Waals surface area contributed by atoms with Crippen LogP contribution in [0.5, 0.6) is 0 Å². The summed E-state index contributed by atoms with van der Waals surface area (Å²) in [5.74, 6) is 0.630. The second-order valence-corrected chi connectivity index (χ2v) is 9.58. The quantitative estimate of drug-likeness (QED) is 0.303. The van der Waals surface area contributed by atoms with Gasteiger partial charge in [0.05, 0.1) is 0 Å². The number of oxazole rings is 1. The van der Waals surface area contributed by atoms with E-state index in [0.717, 1.165) is 16.7 Å². The van der Waals surface area contributed by atoms with Gasteiger partial charge in [0, 0.05) is 33.9 Å². The van der Waals surface area contributed by atoms with Crippen LogP contribution in [0.4, 0.5) is 0 Å².